The summed E-state index contributed by atoms with van der Waals surface area (Å²) in [5.74, 6) is 2.65. The van der Waals surface area contributed by atoms with Gasteiger partial charge in [-0.15, -0.1) is 22.0 Å². The second kappa shape index (κ2) is 10.3. The number of carbonyl (C=O) groups excluding carboxylic acids is 1. The Balaban J connectivity index is 1.28. The molecule has 3 aromatic rings. The molecule has 0 saturated carbocycles. The molecule has 2 heterocycles. The number of anilines is 1. The molecule has 0 N–H and O–H groups in total. The summed E-state index contributed by atoms with van der Waals surface area (Å²) in [5.41, 5.74) is 1.71. The number of carbonyl (C=O) groups is 1. The number of piperazine rings is 1. The Hall–Kier alpha value is -3.06. The highest BCUT2D eigenvalue weighted by atomic mass is 32.2. The van der Waals surface area contributed by atoms with Gasteiger partial charge in [0.2, 0.25) is 5.91 Å². The topological polar surface area (TPSA) is 58.6 Å². The van der Waals surface area contributed by atoms with Crippen LogP contribution in [0.4, 0.5) is 5.82 Å². The van der Waals surface area contributed by atoms with Gasteiger partial charge in [0.1, 0.15) is 5.75 Å². The van der Waals surface area contributed by atoms with E-state index in [1.54, 1.807) is 18.9 Å². The molecule has 0 aliphatic carbocycles. The zero-order valence-electron chi connectivity index (χ0n) is 17.6. The maximum absolute atomic E-state index is 12.5. The summed E-state index contributed by atoms with van der Waals surface area (Å²) in [7, 11) is 1.65. The molecule has 0 radical (unpaired) electrons. The molecule has 2 aromatic carbocycles. The number of ether oxygens (including phenoxy) is 1. The SMILES string of the molecule is COc1ccccc1-c1ccc(N2CCN(C(=O)CCSc3ccccc3)CC2)nn1. The minimum absolute atomic E-state index is 0.223. The average molecular weight is 435 g/mol. The fourth-order valence-electron chi connectivity index (χ4n) is 3.61. The van der Waals surface area contributed by atoms with Crippen LogP contribution in [-0.4, -0.2) is 60.0 Å². The van der Waals surface area contributed by atoms with Crippen LogP contribution >= 0.6 is 11.8 Å². The van der Waals surface area contributed by atoms with E-state index in [-0.39, 0.29) is 5.91 Å². The van der Waals surface area contributed by atoms with Gasteiger partial charge >= 0.3 is 0 Å². The number of hydrogen-bond acceptors (Lipinski definition) is 6. The monoisotopic (exact) mass is 434 g/mol. The summed E-state index contributed by atoms with van der Waals surface area (Å²) in [4.78, 5) is 17.9. The lowest BCUT2D eigenvalue weighted by molar-refractivity contribution is -0.131. The van der Waals surface area contributed by atoms with Crippen molar-refractivity contribution >= 4 is 23.5 Å². The van der Waals surface area contributed by atoms with Crippen molar-refractivity contribution < 1.29 is 9.53 Å². The Bertz CT molecular complexity index is 990. The third kappa shape index (κ3) is 5.35. The fourth-order valence-corrected chi connectivity index (χ4v) is 4.47. The van der Waals surface area contributed by atoms with Gasteiger partial charge in [-0.1, -0.05) is 30.3 Å². The lowest BCUT2D eigenvalue weighted by Gasteiger charge is -2.35. The van der Waals surface area contributed by atoms with Crippen LogP contribution < -0.4 is 9.64 Å². The molecule has 7 heteroatoms. The highest BCUT2D eigenvalue weighted by Crippen LogP contribution is 2.28. The number of benzene rings is 2. The van der Waals surface area contributed by atoms with E-state index >= 15 is 0 Å². The Morgan fingerprint density at radius 3 is 2.39 bits per heavy atom. The van der Waals surface area contributed by atoms with Crippen LogP contribution in [0.25, 0.3) is 11.3 Å². The quantitative estimate of drug-likeness (QED) is 0.524. The number of hydrogen-bond donors (Lipinski definition) is 0. The van der Waals surface area contributed by atoms with Gasteiger partial charge in [0.05, 0.1) is 12.8 Å². The smallest absolute Gasteiger partial charge is 0.223 e. The van der Waals surface area contributed by atoms with Gasteiger partial charge in [-0.25, -0.2) is 0 Å². The van der Waals surface area contributed by atoms with Crippen molar-refractivity contribution in [2.75, 3.05) is 43.9 Å². The lowest BCUT2D eigenvalue weighted by atomic mass is 10.1. The van der Waals surface area contributed by atoms with Gasteiger partial charge < -0.3 is 14.5 Å². The lowest BCUT2D eigenvalue weighted by Crippen LogP contribution is -2.49. The Kier molecular flexibility index (Phi) is 7.04. The largest absolute Gasteiger partial charge is 0.496 e. The summed E-state index contributed by atoms with van der Waals surface area (Å²) in [5, 5.41) is 8.82. The number of rotatable bonds is 7. The summed E-state index contributed by atoms with van der Waals surface area (Å²) in [6.07, 6.45) is 0.562. The second-order valence-corrected chi connectivity index (χ2v) is 8.42. The first kappa shape index (κ1) is 21.2. The van der Waals surface area contributed by atoms with Crippen molar-refractivity contribution in [3.63, 3.8) is 0 Å². The van der Waals surface area contributed by atoms with Crippen molar-refractivity contribution in [1.82, 2.24) is 15.1 Å². The number of aromatic nitrogens is 2. The summed E-state index contributed by atoms with van der Waals surface area (Å²) in [6.45, 7) is 2.95. The van der Waals surface area contributed by atoms with E-state index in [4.69, 9.17) is 4.74 Å². The molecule has 1 saturated heterocycles. The number of amides is 1. The standard InChI is InChI=1S/C24H26N4O2S/c1-30-22-10-6-5-9-20(22)21-11-12-23(26-25-21)27-14-16-28(17-15-27)24(29)13-18-31-19-7-3-2-4-8-19/h2-12H,13-18H2,1H3. The molecule has 1 aliphatic rings. The van der Waals surface area contributed by atoms with Gasteiger partial charge in [-0.05, 0) is 36.4 Å². The number of methoxy groups -OCH3 is 1. The van der Waals surface area contributed by atoms with Crippen molar-refractivity contribution in [3.8, 4) is 17.0 Å². The van der Waals surface area contributed by atoms with E-state index in [1.165, 1.54) is 4.90 Å². The first-order chi connectivity index (χ1) is 15.2. The van der Waals surface area contributed by atoms with Crippen LogP contribution in [0.1, 0.15) is 6.42 Å². The molecular weight excluding hydrogens is 408 g/mol. The molecule has 0 bridgehead atoms. The van der Waals surface area contributed by atoms with E-state index < -0.39 is 0 Å². The van der Waals surface area contributed by atoms with Crippen LogP contribution in [0.2, 0.25) is 0 Å². The third-order valence-electron chi connectivity index (χ3n) is 5.32. The minimum Gasteiger partial charge on any atom is -0.496 e. The molecule has 1 fully saturated rings. The molecule has 0 unspecified atom stereocenters. The maximum atomic E-state index is 12.5. The van der Waals surface area contributed by atoms with Gasteiger partial charge in [-0.3, -0.25) is 4.79 Å². The van der Waals surface area contributed by atoms with E-state index in [1.807, 2.05) is 59.5 Å². The highest BCUT2D eigenvalue weighted by Gasteiger charge is 2.22. The van der Waals surface area contributed by atoms with Crippen LogP contribution in [0.15, 0.2) is 71.6 Å². The highest BCUT2D eigenvalue weighted by molar-refractivity contribution is 7.99. The first-order valence-corrected chi connectivity index (χ1v) is 11.4. The molecular formula is C24H26N4O2S. The number of nitrogens with zero attached hydrogens (tertiary/aromatic N) is 4. The molecule has 0 spiro atoms. The van der Waals surface area contributed by atoms with E-state index in [2.05, 4.69) is 27.2 Å². The Morgan fingerprint density at radius 2 is 1.68 bits per heavy atom. The zero-order chi connectivity index (χ0) is 21.5. The van der Waals surface area contributed by atoms with E-state index in [0.717, 1.165) is 41.7 Å². The average Bonchev–Trinajstić information content (AvgIpc) is 2.85. The summed E-state index contributed by atoms with van der Waals surface area (Å²) < 4.78 is 5.42. The van der Waals surface area contributed by atoms with Gasteiger partial charge in [0.15, 0.2) is 5.82 Å². The van der Waals surface area contributed by atoms with Crippen molar-refractivity contribution in [2.45, 2.75) is 11.3 Å². The van der Waals surface area contributed by atoms with E-state index in [0.29, 0.717) is 19.5 Å². The minimum atomic E-state index is 0.223. The molecule has 160 valence electrons. The van der Waals surface area contributed by atoms with Gasteiger partial charge in [0, 0.05) is 48.8 Å². The molecule has 6 nitrogen and oxygen atoms in total. The van der Waals surface area contributed by atoms with Crippen LogP contribution in [0.5, 0.6) is 5.75 Å². The fraction of sp³-hybridized carbons (Fsp3) is 0.292. The second-order valence-electron chi connectivity index (χ2n) is 7.26. The van der Waals surface area contributed by atoms with E-state index in [9.17, 15) is 4.79 Å². The first-order valence-electron chi connectivity index (χ1n) is 10.4. The third-order valence-corrected chi connectivity index (χ3v) is 6.33. The summed E-state index contributed by atoms with van der Waals surface area (Å²) >= 11 is 1.73. The van der Waals surface area contributed by atoms with Gasteiger partial charge in [0.25, 0.3) is 0 Å². The molecule has 31 heavy (non-hydrogen) atoms. The molecule has 4 rings (SSSR count). The van der Waals surface area contributed by atoms with Crippen molar-refractivity contribution in [1.29, 1.82) is 0 Å². The Morgan fingerprint density at radius 1 is 0.935 bits per heavy atom. The van der Waals surface area contributed by atoms with Crippen LogP contribution in [0, 0.1) is 0 Å². The summed E-state index contributed by atoms with van der Waals surface area (Å²) in [6, 6.07) is 22.0. The van der Waals surface area contributed by atoms with Gasteiger partial charge in [-0.2, -0.15) is 0 Å². The van der Waals surface area contributed by atoms with Crippen LogP contribution in [-0.2, 0) is 4.79 Å². The predicted octanol–water partition coefficient (Wildman–Crippen LogP) is 3.98. The Labute approximate surface area is 187 Å². The molecule has 1 aromatic heterocycles. The zero-order valence-corrected chi connectivity index (χ0v) is 18.4. The molecule has 0 atom stereocenters. The molecule has 1 aliphatic heterocycles. The van der Waals surface area contributed by atoms with Crippen LogP contribution in [0.3, 0.4) is 0 Å². The number of thioether (sulfide) groups is 1. The maximum Gasteiger partial charge on any atom is 0.223 e. The normalized spacial score (nSPS) is 13.8. The predicted molar refractivity (Wildman–Crippen MR) is 125 cm³/mol. The molecule has 1 amide bonds. The van der Waals surface area contributed by atoms with Crippen molar-refractivity contribution in [3.05, 3.63) is 66.7 Å². The van der Waals surface area contributed by atoms with Crippen molar-refractivity contribution in [2.24, 2.45) is 0 Å². The number of para-hydroxylation sites is 1.